The van der Waals surface area contributed by atoms with Crippen molar-refractivity contribution in [3.8, 4) is 0 Å². The van der Waals surface area contributed by atoms with E-state index in [-0.39, 0.29) is 6.04 Å². The Labute approximate surface area is 47.5 Å². The largest absolute Gasteiger partial charge is 0.432 e. The van der Waals surface area contributed by atoms with Crippen LogP contribution >= 0.6 is 0 Å². The van der Waals surface area contributed by atoms with Gasteiger partial charge in [0.1, 0.15) is 0 Å². The molecule has 0 aromatic carbocycles. The predicted molar refractivity (Wildman–Crippen MR) is 23.5 cm³/mol. The molecule has 0 atom stereocenters. The zero-order valence-electron chi connectivity index (χ0n) is 4.00. The molecule has 1 nitrogen and oxygen atoms in total. The molecule has 2 radical (unpaired) electrons. The molecule has 0 aromatic rings. The summed E-state index contributed by atoms with van der Waals surface area (Å²) in [7, 11) is -0.589. The Bertz CT molecular complexity index is 62.0. The van der Waals surface area contributed by atoms with E-state index in [4.69, 9.17) is 4.80 Å². The number of alkyl halides is 3. The van der Waals surface area contributed by atoms with Gasteiger partial charge < -0.3 is 4.80 Å². The lowest BCUT2D eigenvalue weighted by molar-refractivity contribution is -0.130. The molecule has 0 aromatic heterocycles. The van der Waals surface area contributed by atoms with Crippen LogP contribution in [0.15, 0.2) is 0 Å². The lowest BCUT2D eigenvalue weighted by Gasteiger charge is -2.01. The number of halogens is 3. The number of hydrogen-bond acceptors (Lipinski definition) is 1. The van der Waals surface area contributed by atoms with Gasteiger partial charge in [-0.3, -0.25) is 0 Å². The van der Waals surface area contributed by atoms with Crippen LogP contribution in [0.4, 0.5) is 13.2 Å². The third-order valence-electron chi connectivity index (χ3n) is 0.520. The monoisotopic (exact) mass is 142 g/mol. The van der Waals surface area contributed by atoms with Gasteiger partial charge >= 0.3 is 6.18 Å². The van der Waals surface area contributed by atoms with E-state index in [2.05, 4.69) is 0 Å². The van der Waals surface area contributed by atoms with Gasteiger partial charge in [0.2, 0.25) is 9.76 Å². The molecule has 0 aliphatic rings. The maximum atomic E-state index is 11.1. The fraction of sp³-hybridized carbons (Fsp3) is 1.00. The average Bonchev–Trinajstić information content (AvgIpc) is 1.59. The lowest BCUT2D eigenvalue weighted by Crippen LogP contribution is -2.07. The highest BCUT2D eigenvalue weighted by Crippen LogP contribution is 2.20. The van der Waals surface area contributed by atoms with Gasteiger partial charge in [-0.1, -0.05) is 0 Å². The Balaban J connectivity index is 3.11. The van der Waals surface area contributed by atoms with Crippen LogP contribution in [-0.2, 0) is 0 Å². The summed E-state index contributed by atoms with van der Waals surface area (Å²) in [5.74, 6) is 0. The zero-order valence-corrected chi connectivity index (χ0v) is 5.00. The van der Waals surface area contributed by atoms with Gasteiger partial charge in [-0.15, -0.1) is 0 Å². The van der Waals surface area contributed by atoms with E-state index >= 15 is 0 Å². The smallest absolute Gasteiger partial charge is 0.388 e. The third-order valence-corrected chi connectivity index (χ3v) is 0.994. The summed E-state index contributed by atoms with van der Waals surface area (Å²) in [6, 6.07) is -0.163. The fourth-order valence-electron chi connectivity index (χ4n) is 0.198. The maximum Gasteiger partial charge on any atom is 0.388 e. The summed E-state index contributed by atoms with van der Waals surface area (Å²) in [5, 5.41) is 0. The molecule has 0 fully saturated rings. The van der Waals surface area contributed by atoms with E-state index in [1.807, 2.05) is 0 Å². The Hall–Kier alpha value is -0.0331. The van der Waals surface area contributed by atoms with Gasteiger partial charge in [0.25, 0.3) is 0 Å². The highest BCUT2D eigenvalue weighted by atomic mass is 28.2. The van der Waals surface area contributed by atoms with Crippen LogP contribution in [0.2, 0.25) is 6.04 Å². The van der Waals surface area contributed by atoms with Gasteiger partial charge in [0.05, 0.1) is 0 Å². The normalized spacial score (nSPS) is 12.0. The Morgan fingerprint density at radius 1 is 1.38 bits per heavy atom. The summed E-state index contributed by atoms with van der Waals surface area (Å²) in [5.41, 5.74) is 0. The molecule has 8 heavy (non-hydrogen) atoms. The van der Waals surface area contributed by atoms with Crippen molar-refractivity contribution >= 4 is 9.76 Å². The molecule has 0 saturated heterocycles. The molecule has 0 bridgehead atoms. The summed E-state index contributed by atoms with van der Waals surface area (Å²) in [6.45, 7) is 0. The van der Waals surface area contributed by atoms with Gasteiger partial charge in [-0.05, 0) is 6.04 Å². The Morgan fingerprint density at radius 2 is 1.88 bits per heavy atom. The minimum atomic E-state index is -4.10. The third kappa shape index (κ3) is 5.97. The van der Waals surface area contributed by atoms with Gasteiger partial charge in [-0.2, -0.15) is 13.2 Å². The topological polar surface area (TPSA) is 20.2 Å². The molecule has 0 spiro atoms. The highest BCUT2D eigenvalue weighted by molar-refractivity contribution is 6.25. The van der Waals surface area contributed by atoms with Crippen molar-refractivity contribution in [3.05, 3.63) is 0 Å². The van der Waals surface area contributed by atoms with E-state index in [9.17, 15) is 13.2 Å². The van der Waals surface area contributed by atoms with E-state index in [1.165, 1.54) is 0 Å². The molecule has 0 amide bonds. The van der Waals surface area contributed by atoms with Crippen LogP contribution < -0.4 is 0 Å². The molecule has 5 heteroatoms. The molecule has 0 saturated carbocycles. The first-order valence-electron chi connectivity index (χ1n) is 2.00. The first-order valence-corrected chi connectivity index (χ1v) is 3.15. The van der Waals surface area contributed by atoms with Crippen molar-refractivity contribution in [2.75, 3.05) is 0 Å². The van der Waals surface area contributed by atoms with E-state index in [0.717, 1.165) is 0 Å². The second kappa shape index (κ2) is 3.08. The summed E-state index contributed by atoms with van der Waals surface area (Å²) < 4.78 is 33.4. The minimum absolute atomic E-state index is 0.163. The van der Waals surface area contributed by atoms with Crippen molar-refractivity contribution < 1.29 is 18.0 Å². The van der Waals surface area contributed by atoms with E-state index in [1.54, 1.807) is 0 Å². The van der Waals surface area contributed by atoms with Crippen molar-refractivity contribution in [1.82, 2.24) is 0 Å². The quantitative estimate of drug-likeness (QED) is 0.569. The van der Waals surface area contributed by atoms with Crippen LogP contribution in [0.25, 0.3) is 0 Å². The first-order chi connectivity index (χ1) is 3.56. The molecule has 1 N–H and O–H groups in total. The maximum absolute atomic E-state index is 11.1. The zero-order chi connectivity index (χ0) is 6.62. The number of rotatable bonds is 2. The Kier molecular flexibility index (Phi) is 3.07. The van der Waals surface area contributed by atoms with Crippen LogP contribution in [0.1, 0.15) is 6.42 Å². The van der Waals surface area contributed by atoms with Gasteiger partial charge in [0.15, 0.2) is 0 Å². The van der Waals surface area contributed by atoms with Crippen LogP contribution in [0, 0.1) is 0 Å². The lowest BCUT2D eigenvalue weighted by atomic mass is 10.5. The molecule has 0 heterocycles. The fourth-order valence-corrected chi connectivity index (χ4v) is 0.593. The van der Waals surface area contributed by atoms with Crippen LogP contribution in [-0.4, -0.2) is 20.7 Å². The molecular formula is C3H5F3OSi. The first kappa shape index (κ1) is 7.97. The van der Waals surface area contributed by atoms with E-state index < -0.39 is 22.4 Å². The van der Waals surface area contributed by atoms with Crippen LogP contribution in [0.5, 0.6) is 0 Å². The second-order valence-electron chi connectivity index (χ2n) is 1.27. The van der Waals surface area contributed by atoms with Gasteiger partial charge in [0, 0.05) is 6.42 Å². The minimum Gasteiger partial charge on any atom is -0.432 e. The molecule has 0 unspecified atom stereocenters. The van der Waals surface area contributed by atoms with Crippen molar-refractivity contribution in [1.29, 1.82) is 0 Å². The SMILES string of the molecule is O[Si]CCC(F)(F)F. The van der Waals surface area contributed by atoms with Crippen molar-refractivity contribution in [2.24, 2.45) is 0 Å². The molecular weight excluding hydrogens is 137 g/mol. The molecule has 48 valence electrons. The van der Waals surface area contributed by atoms with Crippen molar-refractivity contribution in [3.63, 3.8) is 0 Å². The summed E-state index contributed by atoms with van der Waals surface area (Å²) in [6.07, 6.45) is -4.97. The predicted octanol–water partition coefficient (Wildman–Crippen LogP) is 0.969. The number of hydrogen-bond donors (Lipinski definition) is 1. The average molecular weight is 142 g/mol. The molecule has 0 aliphatic heterocycles. The van der Waals surface area contributed by atoms with Crippen LogP contribution in [0.3, 0.4) is 0 Å². The van der Waals surface area contributed by atoms with E-state index in [0.29, 0.717) is 0 Å². The standard InChI is InChI=1S/C3H5F3OSi/c4-3(5,6)1-2-8-7/h7H,1-2H2. The summed E-state index contributed by atoms with van der Waals surface area (Å²) >= 11 is 0. The van der Waals surface area contributed by atoms with Gasteiger partial charge in [-0.25, -0.2) is 0 Å². The highest BCUT2D eigenvalue weighted by Gasteiger charge is 2.25. The second-order valence-corrected chi connectivity index (χ2v) is 2.09. The Morgan fingerprint density at radius 3 is 2.00 bits per heavy atom. The molecule has 0 aliphatic carbocycles. The molecule has 0 rings (SSSR count). The van der Waals surface area contributed by atoms with Crippen molar-refractivity contribution in [2.45, 2.75) is 18.6 Å². The summed E-state index contributed by atoms with van der Waals surface area (Å²) in [4.78, 5) is 7.96.